The van der Waals surface area contributed by atoms with Crippen LogP contribution in [0.15, 0.2) is 53.4 Å². The molecule has 2 aromatic rings. The van der Waals surface area contributed by atoms with E-state index in [1.165, 1.54) is 48.5 Å². The fraction of sp³-hybridized carbons (Fsp3) is 0.391. The zero-order chi connectivity index (χ0) is 25.3. The van der Waals surface area contributed by atoms with Crippen molar-refractivity contribution in [1.82, 2.24) is 4.90 Å². The van der Waals surface area contributed by atoms with Crippen LogP contribution in [0.3, 0.4) is 0 Å². The zero-order valence-corrected chi connectivity index (χ0v) is 19.2. The molecule has 0 spiro atoms. The highest BCUT2D eigenvalue weighted by atomic mass is 32.2. The number of carbonyl (C=O) groups is 1. The van der Waals surface area contributed by atoms with Crippen LogP contribution in [0.5, 0.6) is 0 Å². The highest BCUT2D eigenvalue weighted by molar-refractivity contribution is 7.89. The van der Waals surface area contributed by atoms with Gasteiger partial charge in [0.1, 0.15) is 5.54 Å². The van der Waals surface area contributed by atoms with E-state index in [1.54, 1.807) is 6.92 Å². The summed E-state index contributed by atoms with van der Waals surface area (Å²) in [5.74, 6) is -0.897. The van der Waals surface area contributed by atoms with Gasteiger partial charge in [0.25, 0.3) is 0 Å². The van der Waals surface area contributed by atoms with Crippen molar-refractivity contribution in [2.75, 3.05) is 0 Å². The third kappa shape index (κ3) is 5.24. The van der Waals surface area contributed by atoms with Crippen LogP contribution in [0.4, 0.5) is 13.2 Å². The second-order valence-corrected chi connectivity index (χ2v) is 9.94. The smallest absolute Gasteiger partial charge is 0.320 e. The van der Waals surface area contributed by atoms with Crippen LogP contribution < -0.4 is 10.9 Å². The standard InChI is InChI=1S/C23H25F3N4O3S/c1-2-3-19(28)21(31)30(22(14-27)12-13-22)20(23(24,25)26)17-6-4-15(5-7-17)16-8-10-18(11-9-16)34(29,32)33/h4-11,19-20H,2-3,12-13,28H2,1H3,(H2,29,32,33)/t19-,20-/m0/s1. The first-order valence-electron chi connectivity index (χ1n) is 10.6. The van der Waals surface area contributed by atoms with Gasteiger partial charge in [-0.3, -0.25) is 4.79 Å². The van der Waals surface area contributed by atoms with Crippen molar-refractivity contribution in [3.05, 3.63) is 54.1 Å². The molecule has 0 saturated heterocycles. The molecule has 7 nitrogen and oxygen atoms in total. The number of halogens is 3. The molecule has 0 bridgehead atoms. The Morgan fingerprint density at radius 1 is 1.12 bits per heavy atom. The second kappa shape index (κ2) is 9.37. The maximum atomic E-state index is 14.3. The molecule has 0 heterocycles. The lowest BCUT2D eigenvalue weighted by molar-refractivity contribution is -0.197. The molecule has 182 valence electrons. The van der Waals surface area contributed by atoms with Gasteiger partial charge < -0.3 is 10.6 Å². The number of hydrogen-bond donors (Lipinski definition) is 2. The molecule has 4 N–H and O–H groups in total. The largest absolute Gasteiger partial charge is 0.413 e. The number of amides is 1. The Morgan fingerprint density at radius 2 is 1.62 bits per heavy atom. The minimum Gasteiger partial charge on any atom is -0.320 e. The average molecular weight is 495 g/mol. The van der Waals surface area contributed by atoms with Gasteiger partial charge in [-0.1, -0.05) is 49.7 Å². The number of nitrogens with zero attached hydrogens (tertiary/aromatic N) is 2. The second-order valence-electron chi connectivity index (χ2n) is 8.38. The van der Waals surface area contributed by atoms with E-state index >= 15 is 0 Å². The monoisotopic (exact) mass is 494 g/mol. The van der Waals surface area contributed by atoms with Gasteiger partial charge in [-0.05, 0) is 48.1 Å². The molecule has 0 radical (unpaired) electrons. The van der Waals surface area contributed by atoms with Gasteiger partial charge in [-0.2, -0.15) is 18.4 Å². The zero-order valence-electron chi connectivity index (χ0n) is 18.4. The number of benzene rings is 2. The van der Waals surface area contributed by atoms with E-state index in [9.17, 15) is 31.6 Å². The fourth-order valence-electron chi connectivity index (χ4n) is 3.90. The third-order valence-corrected chi connectivity index (χ3v) is 6.79. The summed E-state index contributed by atoms with van der Waals surface area (Å²) in [6, 6.07) is 9.40. The van der Waals surface area contributed by atoms with E-state index in [2.05, 4.69) is 0 Å². The van der Waals surface area contributed by atoms with Gasteiger partial charge in [-0.25, -0.2) is 13.6 Å². The lowest BCUT2D eigenvalue weighted by Gasteiger charge is -2.38. The Bertz CT molecular complexity index is 1190. The Morgan fingerprint density at radius 3 is 2.00 bits per heavy atom. The number of nitriles is 1. The van der Waals surface area contributed by atoms with Gasteiger partial charge in [0.2, 0.25) is 15.9 Å². The van der Waals surface area contributed by atoms with Crippen LogP contribution in [-0.4, -0.2) is 37.0 Å². The molecule has 1 aliphatic carbocycles. The molecular formula is C23H25F3N4O3S. The molecule has 0 unspecified atom stereocenters. The molecule has 2 atom stereocenters. The number of sulfonamides is 1. The number of hydrogen-bond acceptors (Lipinski definition) is 5. The topological polar surface area (TPSA) is 130 Å². The summed E-state index contributed by atoms with van der Waals surface area (Å²) in [4.78, 5) is 13.6. The van der Waals surface area contributed by atoms with Gasteiger partial charge in [0.15, 0.2) is 6.04 Å². The van der Waals surface area contributed by atoms with Gasteiger partial charge in [0.05, 0.1) is 17.0 Å². The Balaban J connectivity index is 2.01. The van der Waals surface area contributed by atoms with E-state index in [0.717, 1.165) is 0 Å². The normalized spacial score (nSPS) is 16.9. The summed E-state index contributed by atoms with van der Waals surface area (Å²) in [6.07, 6.45) is -3.83. The van der Waals surface area contributed by atoms with Crippen LogP contribution >= 0.6 is 0 Å². The third-order valence-electron chi connectivity index (χ3n) is 5.86. The van der Waals surface area contributed by atoms with Gasteiger partial charge in [-0.15, -0.1) is 0 Å². The van der Waals surface area contributed by atoms with E-state index in [4.69, 9.17) is 10.9 Å². The molecule has 3 rings (SSSR count). The molecule has 0 aliphatic heterocycles. The van der Waals surface area contributed by atoms with Crippen LogP contribution in [0, 0.1) is 11.3 Å². The molecule has 2 aromatic carbocycles. The number of carbonyl (C=O) groups excluding carboxylic acids is 1. The van der Waals surface area contributed by atoms with Crippen LogP contribution in [0.25, 0.3) is 11.1 Å². The van der Waals surface area contributed by atoms with E-state index in [0.29, 0.717) is 22.4 Å². The highest BCUT2D eigenvalue weighted by Crippen LogP contribution is 2.50. The van der Waals surface area contributed by atoms with Crippen LogP contribution in [-0.2, 0) is 14.8 Å². The molecule has 1 fully saturated rings. The minimum absolute atomic E-state index is 0.0891. The molecule has 1 aliphatic rings. The van der Waals surface area contributed by atoms with Crippen molar-refractivity contribution >= 4 is 15.9 Å². The highest BCUT2D eigenvalue weighted by Gasteiger charge is 2.60. The predicted molar refractivity (Wildman–Crippen MR) is 119 cm³/mol. The predicted octanol–water partition coefficient (Wildman–Crippen LogP) is 3.62. The van der Waals surface area contributed by atoms with E-state index < -0.39 is 39.7 Å². The van der Waals surface area contributed by atoms with Crippen LogP contribution in [0.2, 0.25) is 0 Å². The molecule has 11 heteroatoms. The lowest BCUT2D eigenvalue weighted by atomic mass is 9.97. The first-order valence-corrected chi connectivity index (χ1v) is 12.2. The summed E-state index contributed by atoms with van der Waals surface area (Å²) in [7, 11) is -3.87. The van der Waals surface area contributed by atoms with E-state index in [1.807, 2.05) is 6.07 Å². The molecular weight excluding hydrogens is 469 g/mol. The van der Waals surface area contributed by atoms with Crippen molar-refractivity contribution < 1.29 is 26.4 Å². The van der Waals surface area contributed by atoms with Crippen molar-refractivity contribution in [2.24, 2.45) is 10.9 Å². The Kier molecular flexibility index (Phi) is 7.07. The van der Waals surface area contributed by atoms with Crippen molar-refractivity contribution in [3.63, 3.8) is 0 Å². The summed E-state index contributed by atoms with van der Waals surface area (Å²) >= 11 is 0. The van der Waals surface area contributed by atoms with Crippen molar-refractivity contribution in [2.45, 2.75) is 61.3 Å². The quantitative estimate of drug-likeness (QED) is 0.579. The van der Waals surface area contributed by atoms with Gasteiger partial charge in [0, 0.05) is 0 Å². The molecule has 0 aromatic heterocycles. The molecule has 1 saturated carbocycles. The van der Waals surface area contributed by atoms with Crippen molar-refractivity contribution in [1.29, 1.82) is 5.26 Å². The fourth-order valence-corrected chi connectivity index (χ4v) is 4.42. The summed E-state index contributed by atoms with van der Waals surface area (Å²) < 4.78 is 65.8. The molecule has 1 amide bonds. The first-order chi connectivity index (χ1) is 15.8. The van der Waals surface area contributed by atoms with Crippen LogP contribution in [0.1, 0.15) is 44.2 Å². The maximum absolute atomic E-state index is 14.3. The number of primary sulfonamides is 1. The number of rotatable bonds is 8. The SMILES string of the molecule is CCC[C@H](N)C(=O)N([C@@H](c1ccc(-c2ccc(S(N)(=O)=O)cc2)cc1)C(F)(F)F)C1(C#N)CC1. The number of alkyl halides is 3. The summed E-state index contributed by atoms with van der Waals surface area (Å²) in [5, 5.41) is 14.7. The van der Waals surface area contributed by atoms with Crippen molar-refractivity contribution in [3.8, 4) is 17.2 Å². The first kappa shape index (κ1) is 25.7. The Hall–Kier alpha value is -2.94. The Labute approximate surface area is 196 Å². The summed E-state index contributed by atoms with van der Waals surface area (Å²) in [5.41, 5.74) is 5.26. The number of nitrogens with two attached hydrogens (primary N) is 2. The minimum atomic E-state index is -4.84. The maximum Gasteiger partial charge on any atom is 0.413 e. The van der Waals surface area contributed by atoms with E-state index in [-0.39, 0.29) is 29.7 Å². The lowest BCUT2D eigenvalue weighted by Crippen LogP contribution is -2.54. The van der Waals surface area contributed by atoms with Gasteiger partial charge >= 0.3 is 6.18 Å². The average Bonchev–Trinajstić information content (AvgIpc) is 3.57. The molecule has 34 heavy (non-hydrogen) atoms. The summed E-state index contributed by atoms with van der Waals surface area (Å²) in [6.45, 7) is 1.77.